The fourth-order valence-electron chi connectivity index (χ4n) is 2.15. The van der Waals surface area contributed by atoms with Crippen LogP contribution in [0, 0.1) is 5.41 Å². The van der Waals surface area contributed by atoms with Crippen molar-refractivity contribution in [1.29, 1.82) is 0 Å². The van der Waals surface area contributed by atoms with E-state index in [0.29, 0.717) is 13.1 Å². The minimum atomic E-state index is -0.456. The fraction of sp³-hybridized carbons (Fsp3) is 0.643. The SMILES string of the molecule is CC(C)(C)C(N)C(=O)N1CCN(c2ncccn2)CC1. The number of anilines is 1. The predicted octanol–water partition coefficient (Wildman–Crippen LogP) is 0.499. The molecule has 0 radical (unpaired) electrons. The van der Waals surface area contributed by atoms with Gasteiger partial charge in [-0.3, -0.25) is 4.79 Å². The maximum atomic E-state index is 12.3. The third-order valence-electron chi connectivity index (χ3n) is 3.63. The number of nitrogens with two attached hydrogens (primary N) is 1. The molecule has 1 aliphatic rings. The summed E-state index contributed by atoms with van der Waals surface area (Å²) in [5.41, 5.74) is 5.83. The number of rotatable bonds is 2. The normalized spacial score (nSPS) is 18.0. The van der Waals surface area contributed by atoms with Crippen molar-refractivity contribution in [2.24, 2.45) is 11.1 Å². The summed E-state index contributed by atoms with van der Waals surface area (Å²) >= 11 is 0. The van der Waals surface area contributed by atoms with Gasteiger partial charge < -0.3 is 15.5 Å². The molecule has 6 nitrogen and oxygen atoms in total. The first kappa shape index (κ1) is 14.7. The lowest BCUT2D eigenvalue weighted by Gasteiger charge is -2.38. The van der Waals surface area contributed by atoms with Crippen molar-refractivity contribution in [1.82, 2.24) is 14.9 Å². The molecule has 1 unspecified atom stereocenters. The Morgan fingerprint density at radius 2 is 1.75 bits per heavy atom. The van der Waals surface area contributed by atoms with Crippen LogP contribution in [0.3, 0.4) is 0 Å². The van der Waals surface area contributed by atoms with Crippen molar-refractivity contribution in [3.05, 3.63) is 18.5 Å². The van der Waals surface area contributed by atoms with Crippen LogP contribution in [0.2, 0.25) is 0 Å². The Kier molecular flexibility index (Phi) is 4.23. The lowest BCUT2D eigenvalue weighted by atomic mass is 9.86. The summed E-state index contributed by atoms with van der Waals surface area (Å²) in [6.07, 6.45) is 3.46. The Hall–Kier alpha value is -1.69. The average molecular weight is 277 g/mol. The molecule has 1 aromatic rings. The van der Waals surface area contributed by atoms with E-state index in [9.17, 15) is 4.79 Å². The molecule has 0 aliphatic carbocycles. The standard InChI is InChI=1S/C14H23N5O/c1-14(2,3)11(15)12(20)18-7-9-19(10-8-18)13-16-5-4-6-17-13/h4-6,11H,7-10,15H2,1-3H3. The van der Waals surface area contributed by atoms with Gasteiger partial charge in [-0.2, -0.15) is 0 Å². The third kappa shape index (κ3) is 3.25. The Morgan fingerprint density at radius 3 is 2.25 bits per heavy atom. The summed E-state index contributed by atoms with van der Waals surface area (Å²) in [4.78, 5) is 24.7. The van der Waals surface area contributed by atoms with E-state index in [-0.39, 0.29) is 11.3 Å². The quantitative estimate of drug-likeness (QED) is 0.852. The molecule has 2 rings (SSSR count). The van der Waals surface area contributed by atoms with Gasteiger partial charge in [0.15, 0.2) is 0 Å². The number of carbonyl (C=O) groups is 1. The number of piperazine rings is 1. The second-order valence-electron chi connectivity index (χ2n) is 6.20. The van der Waals surface area contributed by atoms with Crippen LogP contribution in [-0.2, 0) is 4.79 Å². The Morgan fingerprint density at radius 1 is 1.20 bits per heavy atom. The van der Waals surface area contributed by atoms with Crippen molar-refractivity contribution >= 4 is 11.9 Å². The number of nitrogens with zero attached hydrogens (tertiary/aromatic N) is 4. The number of hydrogen-bond donors (Lipinski definition) is 1. The molecule has 1 saturated heterocycles. The van der Waals surface area contributed by atoms with Gasteiger partial charge in [0.2, 0.25) is 11.9 Å². The van der Waals surface area contributed by atoms with Crippen LogP contribution < -0.4 is 10.6 Å². The van der Waals surface area contributed by atoms with Crippen molar-refractivity contribution < 1.29 is 4.79 Å². The van der Waals surface area contributed by atoms with Gasteiger partial charge in [-0.1, -0.05) is 20.8 Å². The lowest BCUT2D eigenvalue weighted by molar-refractivity contribution is -0.135. The number of hydrogen-bond acceptors (Lipinski definition) is 5. The predicted molar refractivity (Wildman–Crippen MR) is 78.3 cm³/mol. The summed E-state index contributed by atoms with van der Waals surface area (Å²) in [5.74, 6) is 0.755. The number of amides is 1. The van der Waals surface area contributed by atoms with E-state index < -0.39 is 6.04 Å². The summed E-state index contributed by atoms with van der Waals surface area (Å²) in [7, 11) is 0. The average Bonchev–Trinajstić information content (AvgIpc) is 2.46. The van der Waals surface area contributed by atoms with Crippen LogP contribution in [0.1, 0.15) is 20.8 Å². The molecule has 0 aromatic carbocycles. The monoisotopic (exact) mass is 277 g/mol. The Labute approximate surface area is 120 Å². The molecule has 2 N–H and O–H groups in total. The zero-order valence-electron chi connectivity index (χ0n) is 12.4. The van der Waals surface area contributed by atoms with Crippen molar-refractivity contribution in [2.75, 3.05) is 31.1 Å². The third-order valence-corrected chi connectivity index (χ3v) is 3.63. The van der Waals surface area contributed by atoms with Crippen LogP contribution >= 0.6 is 0 Å². The fourth-order valence-corrected chi connectivity index (χ4v) is 2.15. The smallest absolute Gasteiger partial charge is 0.240 e. The maximum Gasteiger partial charge on any atom is 0.240 e. The second-order valence-corrected chi connectivity index (χ2v) is 6.20. The molecule has 0 spiro atoms. The summed E-state index contributed by atoms with van der Waals surface area (Å²) in [5, 5.41) is 0. The van der Waals surface area contributed by atoms with Gasteiger partial charge in [-0.15, -0.1) is 0 Å². The molecular formula is C14H23N5O. The van der Waals surface area contributed by atoms with Crippen molar-refractivity contribution in [3.63, 3.8) is 0 Å². The van der Waals surface area contributed by atoms with Crippen molar-refractivity contribution in [3.8, 4) is 0 Å². The van der Waals surface area contributed by atoms with E-state index >= 15 is 0 Å². The summed E-state index contributed by atoms with van der Waals surface area (Å²) in [6.45, 7) is 8.79. The molecule has 0 saturated carbocycles. The van der Waals surface area contributed by atoms with E-state index in [1.807, 2.05) is 25.7 Å². The van der Waals surface area contributed by atoms with E-state index in [1.165, 1.54) is 0 Å². The topological polar surface area (TPSA) is 75.4 Å². The van der Waals surface area contributed by atoms with Gasteiger partial charge in [0.1, 0.15) is 0 Å². The molecule has 20 heavy (non-hydrogen) atoms. The van der Waals surface area contributed by atoms with E-state index in [2.05, 4.69) is 14.9 Å². The highest BCUT2D eigenvalue weighted by Gasteiger charge is 2.32. The van der Waals surface area contributed by atoms with Gasteiger partial charge in [0.25, 0.3) is 0 Å². The van der Waals surface area contributed by atoms with Gasteiger partial charge >= 0.3 is 0 Å². The Bertz CT molecular complexity index is 448. The first-order chi connectivity index (χ1) is 9.39. The molecule has 1 atom stereocenters. The minimum Gasteiger partial charge on any atom is -0.338 e. The molecule has 1 aliphatic heterocycles. The van der Waals surface area contributed by atoms with E-state index in [4.69, 9.17) is 5.73 Å². The molecule has 0 bridgehead atoms. The zero-order chi connectivity index (χ0) is 14.8. The van der Waals surface area contributed by atoms with Gasteiger partial charge in [0.05, 0.1) is 6.04 Å². The molecule has 1 fully saturated rings. The van der Waals surface area contributed by atoms with E-state index in [1.54, 1.807) is 18.5 Å². The molecule has 6 heteroatoms. The summed E-state index contributed by atoms with van der Waals surface area (Å²) < 4.78 is 0. The van der Waals surface area contributed by atoms with E-state index in [0.717, 1.165) is 19.0 Å². The maximum absolute atomic E-state index is 12.3. The Balaban J connectivity index is 1.93. The highest BCUT2D eigenvalue weighted by atomic mass is 16.2. The van der Waals surface area contributed by atoms with Crippen LogP contribution in [0.25, 0.3) is 0 Å². The van der Waals surface area contributed by atoms with Gasteiger partial charge in [-0.05, 0) is 11.5 Å². The number of aromatic nitrogens is 2. The first-order valence-electron chi connectivity index (χ1n) is 6.96. The van der Waals surface area contributed by atoms with Crippen LogP contribution in [-0.4, -0.2) is 53.0 Å². The zero-order valence-corrected chi connectivity index (χ0v) is 12.4. The van der Waals surface area contributed by atoms with Crippen LogP contribution in [0.4, 0.5) is 5.95 Å². The van der Waals surface area contributed by atoms with Gasteiger partial charge in [0, 0.05) is 38.6 Å². The molecule has 1 aromatic heterocycles. The summed E-state index contributed by atoms with van der Waals surface area (Å²) in [6, 6.07) is 1.34. The van der Waals surface area contributed by atoms with Gasteiger partial charge in [-0.25, -0.2) is 9.97 Å². The molecular weight excluding hydrogens is 254 g/mol. The highest BCUT2D eigenvalue weighted by Crippen LogP contribution is 2.20. The van der Waals surface area contributed by atoms with Crippen LogP contribution in [0.5, 0.6) is 0 Å². The second kappa shape index (κ2) is 5.75. The largest absolute Gasteiger partial charge is 0.338 e. The van der Waals surface area contributed by atoms with Crippen molar-refractivity contribution in [2.45, 2.75) is 26.8 Å². The molecule has 110 valence electrons. The molecule has 1 amide bonds. The minimum absolute atomic E-state index is 0.0335. The van der Waals surface area contributed by atoms with Crippen LogP contribution in [0.15, 0.2) is 18.5 Å². The first-order valence-corrected chi connectivity index (χ1v) is 6.96. The number of carbonyl (C=O) groups excluding carboxylic acids is 1. The lowest BCUT2D eigenvalue weighted by Crippen LogP contribution is -2.56. The molecule has 2 heterocycles. The highest BCUT2D eigenvalue weighted by molar-refractivity contribution is 5.82.